The number of carbonyl (C=O) groups is 2. The third kappa shape index (κ3) is 5.23. The molecule has 0 atom stereocenters. The molecule has 140 valence electrons. The zero-order valence-corrected chi connectivity index (χ0v) is 15.7. The van der Waals surface area contributed by atoms with E-state index in [1.165, 1.54) is 38.2 Å². The summed E-state index contributed by atoms with van der Waals surface area (Å²) in [6.45, 7) is 0.863. The Bertz CT molecular complexity index is 992. The number of rotatable bonds is 7. The lowest BCUT2D eigenvalue weighted by atomic mass is 10.1. The van der Waals surface area contributed by atoms with E-state index in [0.717, 1.165) is 4.31 Å². The molecule has 0 aromatic heterocycles. The highest BCUT2D eigenvalue weighted by Crippen LogP contribution is 2.16. The van der Waals surface area contributed by atoms with Crippen LogP contribution in [-0.4, -0.2) is 38.1 Å². The van der Waals surface area contributed by atoms with Gasteiger partial charge in [-0.15, -0.1) is 0 Å². The molecule has 0 unspecified atom stereocenters. The summed E-state index contributed by atoms with van der Waals surface area (Å²) in [6.07, 6.45) is 0. The van der Waals surface area contributed by atoms with Crippen molar-refractivity contribution in [2.45, 2.75) is 18.4 Å². The number of hydrogen-bond acceptors (Lipinski definition) is 6. The van der Waals surface area contributed by atoms with Crippen LogP contribution in [-0.2, 0) is 26.2 Å². The first-order valence-corrected chi connectivity index (χ1v) is 9.40. The topological polar surface area (TPSA) is 105 Å². The molecule has 0 bridgehead atoms. The summed E-state index contributed by atoms with van der Waals surface area (Å²) in [6, 6.07) is 14.1. The lowest BCUT2D eigenvalue weighted by molar-refractivity contribution is -0.144. The Hall–Kier alpha value is -3.02. The number of ether oxygens (including phenoxy) is 1. The molecule has 2 aromatic carbocycles. The van der Waals surface area contributed by atoms with Gasteiger partial charge in [-0.2, -0.15) is 9.57 Å². The highest BCUT2D eigenvalue weighted by molar-refractivity contribution is 7.89. The number of nitrogens with zero attached hydrogens (tertiary/aromatic N) is 2. The summed E-state index contributed by atoms with van der Waals surface area (Å²) in [5.41, 5.74) is 1.47. The third-order valence-corrected chi connectivity index (χ3v) is 5.59. The lowest BCUT2D eigenvalue weighted by Crippen LogP contribution is -2.33. The van der Waals surface area contributed by atoms with Gasteiger partial charge in [0.05, 0.1) is 16.5 Å². The van der Waals surface area contributed by atoms with Gasteiger partial charge in [-0.05, 0) is 36.8 Å². The lowest BCUT2D eigenvalue weighted by Gasteiger charge is -2.16. The molecule has 0 aliphatic heterocycles. The van der Waals surface area contributed by atoms with Crippen LogP contribution in [0.25, 0.3) is 0 Å². The van der Waals surface area contributed by atoms with E-state index in [1.54, 1.807) is 24.3 Å². The monoisotopic (exact) mass is 386 g/mol. The first-order chi connectivity index (χ1) is 12.7. The summed E-state index contributed by atoms with van der Waals surface area (Å²) in [5.74, 6) is -0.889. The summed E-state index contributed by atoms with van der Waals surface area (Å²) in [7, 11) is -2.62. The van der Waals surface area contributed by atoms with Gasteiger partial charge in [-0.1, -0.05) is 24.3 Å². The summed E-state index contributed by atoms with van der Waals surface area (Å²) >= 11 is 0. The van der Waals surface area contributed by atoms with Crippen LogP contribution in [0.1, 0.15) is 28.4 Å². The minimum Gasteiger partial charge on any atom is -0.460 e. The number of carbonyl (C=O) groups excluding carboxylic acids is 2. The number of benzene rings is 2. The van der Waals surface area contributed by atoms with Gasteiger partial charge in [0.1, 0.15) is 13.2 Å². The highest BCUT2D eigenvalue weighted by Gasteiger charge is 2.23. The largest absolute Gasteiger partial charge is 0.460 e. The van der Waals surface area contributed by atoms with Crippen molar-refractivity contribution in [3.8, 4) is 6.07 Å². The smallest absolute Gasteiger partial charge is 0.321 e. The van der Waals surface area contributed by atoms with Crippen molar-refractivity contribution in [1.82, 2.24) is 4.31 Å². The van der Waals surface area contributed by atoms with Crippen LogP contribution < -0.4 is 0 Å². The molecule has 0 radical (unpaired) electrons. The number of hydrogen-bond donors (Lipinski definition) is 0. The highest BCUT2D eigenvalue weighted by atomic mass is 32.2. The fourth-order valence-electron chi connectivity index (χ4n) is 2.25. The van der Waals surface area contributed by atoms with Gasteiger partial charge >= 0.3 is 5.97 Å². The Morgan fingerprint density at radius 3 is 2.41 bits per heavy atom. The van der Waals surface area contributed by atoms with Crippen molar-refractivity contribution in [2.24, 2.45) is 0 Å². The summed E-state index contributed by atoms with van der Waals surface area (Å²) in [5, 5.41) is 8.85. The van der Waals surface area contributed by atoms with Gasteiger partial charge in [0, 0.05) is 12.6 Å². The van der Waals surface area contributed by atoms with Crippen LogP contribution in [0.15, 0.2) is 53.4 Å². The number of likely N-dealkylation sites (N-methyl/N-ethyl adjacent to an activating group) is 1. The maximum absolute atomic E-state index is 12.5. The molecule has 0 aliphatic rings. The van der Waals surface area contributed by atoms with Crippen molar-refractivity contribution in [1.29, 1.82) is 5.26 Å². The SMILES string of the molecule is CC(=O)c1ccc(S(=O)(=O)N(C)CC(=O)OCc2cccc(C#N)c2)cc1. The molecule has 2 aromatic rings. The van der Waals surface area contributed by atoms with Crippen LogP contribution in [0.3, 0.4) is 0 Å². The first-order valence-electron chi connectivity index (χ1n) is 7.96. The zero-order chi connectivity index (χ0) is 20.0. The van der Waals surface area contributed by atoms with E-state index in [-0.39, 0.29) is 17.3 Å². The number of nitriles is 1. The molecule has 0 amide bonds. The van der Waals surface area contributed by atoms with Crippen LogP contribution in [0.2, 0.25) is 0 Å². The maximum atomic E-state index is 12.5. The number of sulfonamides is 1. The van der Waals surface area contributed by atoms with Gasteiger partial charge in [0.15, 0.2) is 5.78 Å². The van der Waals surface area contributed by atoms with Crippen molar-refractivity contribution in [3.63, 3.8) is 0 Å². The van der Waals surface area contributed by atoms with E-state index in [1.807, 2.05) is 6.07 Å². The van der Waals surface area contributed by atoms with Crippen molar-refractivity contribution in [2.75, 3.05) is 13.6 Å². The minimum absolute atomic E-state index is 0.0236. The molecule has 0 saturated carbocycles. The maximum Gasteiger partial charge on any atom is 0.321 e. The van der Waals surface area contributed by atoms with Crippen LogP contribution in [0, 0.1) is 11.3 Å². The first kappa shape index (κ1) is 20.3. The molecule has 0 saturated heterocycles. The summed E-state index contributed by atoms with van der Waals surface area (Å²) in [4.78, 5) is 23.2. The Balaban J connectivity index is 1.99. The normalized spacial score (nSPS) is 11.0. The van der Waals surface area contributed by atoms with Gasteiger partial charge in [0.2, 0.25) is 10.0 Å². The van der Waals surface area contributed by atoms with Gasteiger partial charge in [-0.25, -0.2) is 8.42 Å². The molecule has 27 heavy (non-hydrogen) atoms. The van der Waals surface area contributed by atoms with Gasteiger partial charge in [0.25, 0.3) is 0 Å². The number of ketones is 1. The molecule has 0 N–H and O–H groups in total. The van der Waals surface area contributed by atoms with E-state index >= 15 is 0 Å². The average Bonchev–Trinajstić information content (AvgIpc) is 2.66. The standard InChI is InChI=1S/C19H18N2O5S/c1-14(22)17-6-8-18(9-7-17)27(24,25)21(2)12-19(23)26-13-16-5-3-4-15(10-16)11-20/h3-10H,12-13H2,1-2H3. The molecular weight excluding hydrogens is 368 g/mol. The van der Waals surface area contributed by atoms with Crippen LogP contribution in [0.4, 0.5) is 0 Å². The Morgan fingerprint density at radius 1 is 1.15 bits per heavy atom. The third-order valence-electron chi connectivity index (χ3n) is 3.78. The molecule has 0 heterocycles. The Labute approximate surface area is 157 Å². The average molecular weight is 386 g/mol. The molecule has 0 aliphatic carbocycles. The van der Waals surface area contributed by atoms with Crippen LogP contribution >= 0.6 is 0 Å². The number of esters is 1. The molecule has 2 rings (SSSR count). The number of Topliss-reactive ketones (excluding diaryl/α,β-unsaturated/α-hetero) is 1. The van der Waals surface area contributed by atoms with Gasteiger partial charge < -0.3 is 4.74 Å². The fraction of sp³-hybridized carbons (Fsp3) is 0.211. The molecule has 0 fully saturated rings. The second-order valence-corrected chi connectivity index (χ2v) is 7.86. The van der Waals surface area contributed by atoms with E-state index in [0.29, 0.717) is 16.7 Å². The van der Waals surface area contributed by atoms with E-state index in [9.17, 15) is 18.0 Å². The van der Waals surface area contributed by atoms with Crippen molar-refractivity contribution >= 4 is 21.8 Å². The predicted octanol–water partition coefficient (Wildman–Crippen LogP) is 2.12. The molecule has 8 heteroatoms. The van der Waals surface area contributed by atoms with Crippen LogP contribution in [0.5, 0.6) is 0 Å². The predicted molar refractivity (Wildman–Crippen MR) is 97.2 cm³/mol. The van der Waals surface area contributed by atoms with Crippen molar-refractivity contribution < 1.29 is 22.7 Å². The van der Waals surface area contributed by atoms with E-state index in [4.69, 9.17) is 10.00 Å². The molecule has 7 nitrogen and oxygen atoms in total. The van der Waals surface area contributed by atoms with Gasteiger partial charge in [-0.3, -0.25) is 9.59 Å². The second kappa shape index (κ2) is 8.58. The second-order valence-electron chi connectivity index (χ2n) is 5.81. The Kier molecular flexibility index (Phi) is 6.45. The molecular formula is C19H18N2O5S. The zero-order valence-electron chi connectivity index (χ0n) is 14.9. The minimum atomic E-state index is -3.89. The summed E-state index contributed by atoms with van der Waals surface area (Å²) < 4.78 is 31.0. The van der Waals surface area contributed by atoms with E-state index in [2.05, 4.69) is 0 Å². The Morgan fingerprint density at radius 2 is 1.81 bits per heavy atom. The molecule has 0 spiro atoms. The van der Waals surface area contributed by atoms with E-state index < -0.39 is 22.5 Å². The quantitative estimate of drug-likeness (QED) is 0.533. The fourth-order valence-corrected chi connectivity index (χ4v) is 3.36. The van der Waals surface area contributed by atoms with Crippen molar-refractivity contribution in [3.05, 3.63) is 65.2 Å².